The average molecular weight is 590 g/mol. The number of aliphatic hydroxyl groups is 5. The van der Waals surface area contributed by atoms with E-state index in [1.54, 1.807) is 0 Å². The highest BCUT2D eigenvalue weighted by Crippen LogP contribution is 2.23. The molecule has 7 atom stereocenters. The molecule has 1 amide bonds. The number of hydrogen-bond acceptors (Lipinski definition) is 8. The first-order valence-corrected chi connectivity index (χ1v) is 16.7. The van der Waals surface area contributed by atoms with Gasteiger partial charge in [-0.05, 0) is 12.8 Å². The van der Waals surface area contributed by atoms with Gasteiger partial charge in [-0.1, -0.05) is 123 Å². The molecule has 1 fully saturated rings. The van der Waals surface area contributed by atoms with E-state index in [2.05, 4.69) is 19.2 Å². The largest absolute Gasteiger partial charge is 0.394 e. The predicted molar refractivity (Wildman–Crippen MR) is 161 cm³/mol. The van der Waals surface area contributed by atoms with Crippen LogP contribution in [0, 0.1) is 0 Å². The third-order valence-corrected chi connectivity index (χ3v) is 8.21. The fourth-order valence-corrected chi connectivity index (χ4v) is 5.39. The zero-order valence-electron chi connectivity index (χ0n) is 26.1. The van der Waals surface area contributed by atoms with Crippen LogP contribution in [0.1, 0.15) is 142 Å². The Labute approximate surface area is 249 Å². The number of unbranched alkanes of at least 4 members (excludes halogenated alkanes) is 16. The lowest BCUT2D eigenvalue weighted by atomic mass is 9.99. The standard InChI is InChI=1S/C32H63NO8/c1-3-5-7-9-10-11-12-13-14-15-16-18-19-21-26(35)25(33-28(36)22-20-17-8-6-4-2)24-40-32-31(39)30(38)29(37)27(23-34)41-32/h25-27,29-32,34-35,37-39H,3-24H2,1-2H3,(H,33,36). The zero-order chi connectivity index (χ0) is 30.3. The Kier molecular flexibility index (Phi) is 22.9. The molecule has 6 N–H and O–H groups in total. The SMILES string of the molecule is CCCCCCCCCCCCCCCC(O)C(COC1OC(CO)C(O)C(O)C1O)NC(=O)CCCCCCC. The minimum absolute atomic E-state index is 0.135. The van der Waals surface area contributed by atoms with Gasteiger partial charge in [0.2, 0.25) is 5.91 Å². The van der Waals surface area contributed by atoms with E-state index in [-0.39, 0.29) is 12.5 Å². The molecule has 244 valence electrons. The van der Waals surface area contributed by atoms with E-state index in [1.807, 2.05) is 0 Å². The second-order valence-electron chi connectivity index (χ2n) is 12.0. The maximum Gasteiger partial charge on any atom is 0.220 e. The van der Waals surface area contributed by atoms with Crippen LogP contribution in [0.2, 0.25) is 0 Å². The van der Waals surface area contributed by atoms with Crippen LogP contribution in [0.4, 0.5) is 0 Å². The first kappa shape index (κ1) is 38.2. The number of hydrogen-bond donors (Lipinski definition) is 6. The molecule has 1 heterocycles. The molecule has 1 saturated heterocycles. The van der Waals surface area contributed by atoms with Crippen molar-refractivity contribution in [2.75, 3.05) is 13.2 Å². The first-order chi connectivity index (χ1) is 19.8. The summed E-state index contributed by atoms with van der Waals surface area (Å²) in [5.41, 5.74) is 0. The van der Waals surface area contributed by atoms with Crippen molar-refractivity contribution in [3.63, 3.8) is 0 Å². The maximum absolute atomic E-state index is 12.6. The Morgan fingerprint density at radius 3 is 1.73 bits per heavy atom. The molecule has 0 aromatic carbocycles. The molecule has 7 unspecified atom stereocenters. The van der Waals surface area contributed by atoms with E-state index < -0.39 is 49.5 Å². The molecule has 0 saturated carbocycles. The van der Waals surface area contributed by atoms with E-state index in [0.717, 1.165) is 51.4 Å². The van der Waals surface area contributed by atoms with Crippen LogP contribution in [0.25, 0.3) is 0 Å². The Hall–Kier alpha value is -0.810. The minimum Gasteiger partial charge on any atom is -0.394 e. The molecule has 1 aliphatic heterocycles. The summed E-state index contributed by atoms with van der Waals surface area (Å²) in [6, 6.07) is -0.706. The normalized spacial score (nSPS) is 24.3. The Morgan fingerprint density at radius 1 is 0.732 bits per heavy atom. The number of carbonyl (C=O) groups is 1. The Bertz CT molecular complexity index is 623. The van der Waals surface area contributed by atoms with Gasteiger partial charge in [0.25, 0.3) is 0 Å². The molecule has 41 heavy (non-hydrogen) atoms. The summed E-state index contributed by atoms with van der Waals surface area (Å²) in [5.74, 6) is -0.159. The molecule has 0 bridgehead atoms. The lowest BCUT2D eigenvalue weighted by Crippen LogP contribution is -2.60. The molecular weight excluding hydrogens is 526 g/mol. The summed E-state index contributed by atoms with van der Waals surface area (Å²) < 4.78 is 11.1. The summed E-state index contributed by atoms with van der Waals surface area (Å²) in [7, 11) is 0. The third kappa shape index (κ3) is 17.2. The number of carbonyl (C=O) groups excluding carboxylic acids is 1. The number of amides is 1. The van der Waals surface area contributed by atoms with Crippen molar-refractivity contribution in [1.82, 2.24) is 5.32 Å². The quantitative estimate of drug-likeness (QED) is 0.0809. The van der Waals surface area contributed by atoms with Gasteiger partial charge in [-0.15, -0.1) is 0 Å². The van der Waals surface area contributed by atoms with Gasteiger partial charge < -0.3 is 40.3 Å². The van der Waals surface area contributed by atoms with Crippen molar-refractivity contribution < 1.29 is 39.8 Å². The van der Waals surface area contributed by atoms with Crippen molar-refractivity contribution in [3.05, 3.63) is 0 Å². The average Bonchev–Trinajstić information content (AvgIpc) is 2.97. The summed E-state index contributed by atoms with van der Waals surface area (Å²) in [4.78, 5) is 12.6. The second kappa shape index (κ2) is 24.6. The lowest BCUT2D eigenvalue weighted by Gasteiger charge is -2.40. The highest BCUT2D eigenvalue weighted by atomic mass is 16.7. The van der Waals surface area contributed by atoms with Crippen LogP contribution in [0.5, 0.6) is 0 Å². The van der Waals surface area contributed by atoms with Crippen LogP contribution in [0.3, 0.4) is 0 Å². The maximum atomic E-state index is 12.6. The van der Waals surface area contributed by atoms with Gasteiger partial charge in [-0.25, -0.2) is 0 Å². The Morgan fingerprint density at radius 2 is 1.22 bits per heavy atom. The summed E-state index contributed by atoms with van der Waals surface area (Å²) in [5, 5.41) is 53.6. The predicted octanol–water partition coefficient (Wildman–Crippen LogP) is 4.49. The molecule has 0 aromatic heterocycles. The monoisotopic (exact) mass is 589 g/mol. The highest BCUT2D eigenvalue weighted by molar-refractivity contribution is 5.76. The fourth-order valence-electron chi connectivity index (χ4n) is 5.39. The van der Waals surface area contributed by atoms with Crippen molar-refractivity contribution in [3.8, 4) is 0 Å². The Balaban J connectivity index is 2.43. The number of rotatable bonds is 26. The van der Waals surface area contributed by atoms with Crippen molar-refractivity contribution >= 4 is 5.91 Å². The molecule has 9 heteroatoms. The van der Waals surface area contributed by atoms with Crippen LogP contribution < -0.4 is 5.32 Å². The van der Waals surface area contributed by atoms with Crippen LogP contribution in [0.15, 0.2) is 0 Å². The van der Waals surface area contributed by atoms with Crippen molar-refractivity contribution in [2.45, 2.75) is 185 Å². The van der Waals surface area contributed by atoms with Crippen molar-refractivity contribution in [1.29, 1.82) is 0 Å². The van der Waals surface area contributed by atoms with Gasteiger partial charge in [-0.2, -0.15) is 0 Å². The topological polar surface area (TPSA) is 149 Å². The molecule has 0 aromatic rings. The van der Waals surface area contributed by atoms with E-state index in [1.165, 1.54) is 64.2 Å². The molecule has 0 spiro atoms. The second-order valence-corrected chi connectivity index (χ2v) is 12.0. The van der Waals surface area contributed by atoms with E-state index in [9.17, 15) is 30.3 Å². The number of nitrogens with one attached hydrogen (secondary N) is 1. The van der Waals surface area contributed by atoms with Gasteiger partial charge in [0, 0.05) is 6.42 Å². The highest BCUT2D eigenvalue weighted by Gasteiger charge is 2.44. The summed E-state index contributed by atoms with van der Waals surface area (Å²) in [6.07, 6.45) is 14.4. The van der Waals surface area contributed by atoms with Crippen LogP contribution >= 0.6 is 0 Å². The number of ether oxygens (including phenoxy) is 2. The molecule has 1 aliphatic rings. The van der Waals surface area contributed by atoms with E-state index in [4.69, 9.17) is 9.47 Å². The first-order valence-electron chi connectivity index (χ1n) is 16.7. The molecule has 1 rings (SSSR count). The fraction of sp³-hybridized carbons (Fsp3) is 0.969. The van der Waals surface area contributed by atoms with Gasteiger partial charge in [-0.3, -0.25) is 4.79 Å². The molecular formula is C32H63NO8. The van der Waals surface area contributed by atoms with Crippen molar-refractivity contribution in [2.24, 2.45) is 0 Å². The van der Waals surface area contributed by atoms with Gasteiger partial charge in [0.05, 0.1) is 25.4 Å². The van der Waals surface area contributed by atoms with Crippen LogP contribution in [-0.2, 0) is 14.3 Å². The zero-order valence-corrected chi connectivity index (χ0v) is 26.1. The minimum atomic E-state index is -1.54. The van der Waals surface area contributed by atoms with E-state index >= 15 is 0 Å². The van der Waals surface area contributed by atoms with Gasteiger partial charge in [0.1, 0.15) is 24.4 Å². The van der Waals surface area contributed by atoms with E-state index in [0.29, 0.717) is 12.8 Å². The molecule has 9 nitrogen and oxygen atoms in total. The van der Waals surface area contributed by atoms with Gasteiger partial charge >= 0.3 is 0 Å². The summed E-state index contributed by atoms with van der Waals surface area (Å²) in [6.45, 7) is 3.70. The molecule has 0 radical (unpaired) electrons. The third-order valence-electron chi connectivity index (χ3n) is 8.21. The molecule has 0 aliphatic carbocycles. The number of aliphatic hydroxyl groups excluding tert-OH is 5. The van der Waals surface area contributed by atoms with Gasteiger partial charge in [0.15, 0.2) is 6.29 Å². The smallest absolute Gasteiger partial charge is 0.220 e. The van der Waals surface area contributed by atoms with Crippen LogP contribution in [-0.4, -0.2) is 87.5 Å². The summed E-state index contributed by atoms with van der Waals surface area (Å²) >= 11 is 0. The lowest BCUT2D eigenvalue weighted by molar-refractivity contribution is -0.302.